The van der Waals surface area contributed by atoms with Crippen molar-refractivity contribution in [1.29, 1.82) is 0 Å². The largest absolute Gasteiger partial charge is 0.227 e. The van der Waals surface area contributed by atoms with Crippen molar-refractivity contribution >= 4 is 11.8 Å². The summed E-state index contributed by atoms with van der Waals surface area (Å²) in [5.74, 6) is 0. The minimum absolute atomic E-state index is 0.476. The second-order valence-corrected chi connectivity index (χ2v) is 2.21. The summed E-state index contributed by atoms with van der Waals surface area (Å²) >= 11 is 1.52. The lowest BCUT2D eigenvalue weighted by Crippen LogP contribution is -1.95. The first-order chi connectivity index (χ1) is 3.89. The van der Waals surface area contributed by atoms with Gasteiger partial charge in [0.05, 0.1) is 0 Å². The van der Waals surface area contributed by atoms with Crippen LogP contribution in [0.15, 0.2) is 23.1 Å². The zero-order valence-electron chi connectivity index (χ0n) is 4.28. The minimum atomic E-state index is 0.476. The van der Waals surface area contributed by atoms with Gasteiger partial charge in [-0.1, -0.05) is 11.8 Å². The molecular formula is C5H6NOS+. The van der Waals surface area contributed by atoms with Gasteiger partial charge in [0.1, 0.15) is 0 Å². The SMILES string of the molecule is O=[N+]1C=CSC=CC1. The molecular weight excluding hydrogens is 122 g/mol. The molecule has 0 N–H and O–H groups in total. The predicted octanol–water partition coefficient (Wildman–Crippen LogP) is 1.50. The van der Waals surface area contributed by atoms with Crippen LogP contribution in [0.1, 0.15) is 0 Å². The maximum absolute atomic E-state index is 10.4. The van der Waals surface area contributed by atoms with Crippen molar-refractivity contribution in [3.8, 4) is 0 Å². The maximum Gasteiger partial charge on any atom is 0.227 e. The normalized spacial score (nSPS) is 18.8. The van der Waals surface area contributed by atoms with Gasteiger partial charge < -0.3 is 0 Å². The van der Waals surface area contributed by atoms with E-state index in [2.05, 4.69) is 0 Å². The third-order valence-corrected chi connectivity index (χ3v) is 1.39. The maximum atomic E-state index is 10.4. The van der Waals surface area contributed by atoms with E-state index in [0.29, 0.717) is 6.54 Å². The molecule has 0 amide bonds. The fraction of sp³-hybridized carbons (Fsp3) is 0.200. The Balaban J connectivity index is 2.61. The summed E-state index contributed by atoms with van der Waals surface area (Å²) in [5.41, 5.74) is 0. The smallest absolute Gasteiger partial charge is 0.0997 e. The molecule has 1 aliphatic rings. The van der Waals surface area contributed by atoms with E-state index < -0.39 is 0 Å². The van der Waals surface area contributed by atoms with Gasteiger partial charge in [-0.2, -0.15) is 0 Å². The summed E-state index contributed by atoms with van der Waals surface area (Å²) in [6, 6.07) is 0. The van der Waals surface area contributed by atoms with Gasteiger partial charge in [0, 0.05) is 15.1 Å². The van der Waals surface area contributed by atoms with E-state index in [4.69, 9.17) is 0 Å². The Labute approximate surface area is 51.8 Å². The lowest BCUT2D eigenvalue weighted by Gasteiger charge is -1.70. The summed E-state index contributed by atoms with van der Waals surface area (Å²) in [4.78, 5) is 10.4. The van der Waals surface area contributed by atoms with Crippen molar-refractivity contribution < 1.29 is 4.76 Å². The highest BCUT2D eigenvalue weighted by atomic mass is 32.2. The molecule has 0 bridgehead atoms. The fourth-order valence-electron chi connectivity index (χ4n) is 0.412. The topological polar surface area (TPSA) is 20.1 Å². The van der Waals surface area contributed by atoms with Crippen LogP contribution in [-0.4, -0.2) is 11.3 Å². The lowest BCUT2D eigenvalue weighted by molar-refractivity contribution is -0.467. The average Bonchev–Trinajstić information content (AvgIpc) is 1.94. The number of hydrogen-bond donors (Lipinski definition) is 0. The van der Waals surface area contributed by atoms with Gasteiger partial charge in [-0.3, -0.25) is 0 Å². The highest BCUT2D eigenvalue weighted by molar-refractivity contribution is 8.04. The van der Waals surface area contributed by atoms with Crippen LogP contribution in [0.4, 0.5) is 0 Å². The molecule has 2 nitrogen and oxygen atoms in total. The Morgan fingerprint density at radius 1 is 1.50 bits per heavy atom. The van der Waals surface area contributed by atoms with Crippen molar-refractivity contribution in [2.24, 2.45) is 0 Å². The molecule has 0 radical (unpaired) electrons. The Kier molecular flexibility index (Phi) is 1.86. The molecule has 0 spiro atoms. The van der Waals surface area contributed by atoms with Gasteiger partial charge in [-0.15, -0.1) is 0 Å². The van der Waals surface area contributed by atoms with E-state index in [1.54, 1.807) is 5.41 Å². The van der Waals surface area contributed by atoms with Gasteiger partial charge >= 0.3 is 0 Å². The Morgan fingerprint density at radius 3 is 3.25 bits per heavy atom. The van der Waals surface area contributed by atoms with E-state index >= 15 is 0 Å². The summed E-state index contributed by atoms with van der Waals surface area (Å²) in [5, 5.41) is 3.66. The molecule has 0 aromatic carbocycles. The second kappa shape index (κ2) is 2.67. The molecule has 0 atom stereocenters. The average molecular weight is 128 g/mol. The highest BCUT2D eigenvalue weighted by Gasteiger charge is 1.99. The molecule has 0 saturated carbocycles. The fourth-order valence-corrected chi connectivity index (χ4v) is 0.906. The molecule has 42 valence electrons. The van der Waals surface area contributed by atoms with Crippen LogP contribution in [0.25, 0.3) is 0 Å². The lowest BCUT2D eigenvalue weighted by atomic mass is 10.6. The Morgan fingerprint density at radius 2 is 2.38 bits per heavy atom. The molecule has 3 heteroatoms. The van der Waals surface area contributed by atoms with Crippen molar-refractivity contribution in [3.05, 3.63) is 28.0 Å². The van der Waals surface area contributed by atoms with Crippen molar-refractivity contribution in [2.45, 2.75) is 0 Å². The molecule has 1 aliphatic heterocycles. The van der Waals surface area contributed by atoms with E-state index in [1.165, 1.54) is 18.0 Å². The van der Waals surface area contributed by atoms with Gasteiger partial charge in [-0.05, 0) is 11.5 Å². The summed E-state index contributed by atoms with van der Waals surface area (Å²) in [6.45, 7) is 0.476. The van der Waals surface area contributed by atoms with Crippen LogP contribution < -0.4 is 0 Å². The van der Waals surface area contributed by atoms with Crippen LogP contribution in [0.3, 0.4) is 0 Å². The molecule has 0 aromatic heterocycles. The summed E-state index contributed by atoms with van der Waals surface area (Å²) in [7, 11) is 0. The van der Waals surface area contributed by atoms with Crippen LogP contribution in [0.5, 0.6) is 0 Å². The molecule has 8 heavy (non-hydrogen) atoms. The number of rotatable bonds is 0. The number of nitrogens with zero attached hydrogens (tertiary/aromatic N) is 1. The molecule has 1 heterocycles. The van der Waals surface area contributed by atoms with Gasteiger partial charge in [-0.25, -0.2) is 0 Å². The highest BCUT2D eigenvalue weighted by Crippen LogP contribution is 2.06. The number of hydrogen-bond acceptors (Lipinski definition) is 2. The number of thioether (sulfide) groups is 1. The predicted molar refractivity (Wildman–Crippen MR) is 34.4 cm³/mol. The first-order valence-electron chi connectivity index (χ1n) is 2.30. The zero-order chi connectivity index (χ0) is 5.82. The molecule has 0 aromatic rings. The standard InChI is InChI=1S/C5H6NOS/c7-6-2-1-4-8-5-3-6/h1,3-5H,2H2/q+1. The number of nitroso groups, excluding NO2 is 1. The van der Waals surface area contributed by atoms with Crippen molar-refractivity contribution in [1.82, 2.24) is 0 Å². The zero-order valence-corrected chi connectivity index (χ0v) is 5.10. The molecule has 0 aliphatic carbocycles. The van der Waals surface area contributed by atoms with E-state index in [-0.39, 0.29) is 0 Å². The Bertz CT molecular complexity index is 151. The van der Waals surface area contributed by atoms with E-state index in [0.717, 1.165) is 4.76 Å². The van der Waals surface area contributed by atoms with Crippen LogP contribution in [-0.2, 0) is 0 Å². The first-order valence-corrected chi connectivity index (χ1v) is 3.25. The van der Waals surface area contributed by atoms with Crippen LogP contribution >= 0.6 is 11.8 Å². The second-order valence-electron chi connectivity index (χ2n) is 1.39. The van der Waals surface area contributed by atoms with Gasteiger partial charge in [0.2, 0.25) is 12.7 Å². The van der Waals surface area contributed by atoms with E-state index in [1.807, 2.05) is 11.5 Å². The monoisotopic (exact) mass is 128 g/mol. The van der Waals surface area contributed by atoms with E-state index in [9.17, 15) is 4.91 Å². The minimum Gasteiger partial charge on any atom is -0.0997 e. The first kappa shape index (κ1) is 5.56. The Hall–Kier alpha value is -0.570. The summed E-state index contributed by atoms with van der Waals surface area (Å²) < 4.78 is 0.885. The third kappa shape index (κ3) is 1.50. The van der Waals surface area contributed by atoms with Gasteiger partial charge in [0.15, 0.2) is 0 Å². The molecule has 0 unspecified atom stereocenters. The van der Waals surface area contributed by atoms with Crippen molar-refractivity contribution in [3.63, 3.8) is 0 Å². The molecule has 0 saturated heterocycles. The van der Waals surface area contributed by atoms with Crippen LogP contribution in [0.2, 0.25) is 0 Å². The quantitative estimate of drug-likeness (QED) is 0.461. The molecule has 1 rings (SSSR count). The summed E-state index contributed by atoms with van der Waals surface area (Å²) in [6.07, 6.45) is 3.35. The van der Waals surface area contributed by atoms with Crippen molar-refractivity contribution in [2.75, 3.05) is 6.54 Å². The van der Waals surface area contributed by atoms with Crippen LogP contribution in [0, 0.1) is 4.91 Å². The third-order valence-electron chi connectivity index (χ3n) is 0.766. The van der Waals surface area contributed by atoms with Gasteiger partial charge in [0.25, 0.3) is 0 Å². The molecule has 0 fully saturated rings.